The topological polar surface area (TPSA) is 94.7 Å². The number of methoxy groups -OCH3 is 1. The number of nitrogens with one attached hydrogen (secondary N) is 1. The largest absolute Gasteiger partial charge is 0.497 e. The van der Waals surface area contributed by atoms with E-state index >= 15 is 0 Å². The van der Waals surface area contributed by atoms with Gasteiger partial charge in [0.2, 0.25) is 5.78 Å². The molecule has 0 aliphatic rings. The summed E-state index contributed by atoms with van der Waals surface area (Å²) in [7, 11) is 1.56. The van der Waals surface area contributed by atoms with Gasteiger partial charge in [0.25, 0.3) is 0 Å². The second kappa shape index (κ2) is 9.73. The molecule has 7 nitrogen and oxygen atoms in total. The summed E-state index contributed by atoms with van der Waals surface area (Å²) in [5.41, 5.74) is 2.31. The van der Waals surface area contributed by atoms with Gasteiger partial charge < -0.3 is 19.2 Å². The lowest BCUT2D eigenvalue weighted by atomic mass is 10.1. The zero-order chi connectivity index (χ0) is 21.6. The van der Waals surface area contributed by atoms with E-state index in [1.807, 2.05) is 6.07 Å². The van der Waals surface area contributed by atoms with Crippen LogP contribution in [0.15, 0.2) is 30.3 Å². The number of aryl methyl sites for hydroxylation is 1. The lowest BCUT2D eigenvalue weighted by Crippen LogP contribution is -2.24. The van der Waals surface area contributed by atoms with Crippen molar-refractivity contribution in [3.63, 3.8) is 0 Å². The quantitative estimate of drug-likeness (QED) is 0.414. The number of aromatic nitrogens is 1. The summed E-state index contributed by atoms with van der Waals surface area (Å²) in [6, 6.07) is 7.16. The number of benzene rings is 1. The number of ether oxygens (including phenoxy) is 3. The zero-order valence-electron chi connectivity index (χ0n) is 17.2. The van der Waals surface area contributed by atoms with Crippen LogP contribution in [0.25, 0.3) is 6.08 Å². The number of Topliss-reactive ketones (excluding diaryl/α,β-unsaturated/α-hetero) is 1. The molecule has 0 saturated carbocycles. The first kappa shape index (κ1) is 21.9. The van der Waals surface area contributed by atoms with Gasteiger partial charge in [0, 0.05) is 11.8 Å². The predicted octanol–water partition coefficient (Wildman–Crippen LogP) is 3.64. The summed E-state index contributed by atoms with van der Waals surface area (Å²) in [5.74, 6) is -0.910. The molecule has 0 aliphatic heterocycles. The zero-order valence-corrected chi connectivity index (χ0v) is 17.2. The first-order valence-electron chi connectivity index (χ1n) is 9.21. The van der Waals surface area contributed by atoms with Crippen molar-refractivity contribution in [3.05, 3.63) is 58.4 Å². The average Bonchev–Trinajstić information content (AvgIpc) is 3.00. The number of rotatable bonds is 8. The summed E-state index contributed by atoms with van der Waals surface area (Å²) in [6.45, 7) is 6.77. The fourth-order valence-electron chi connectivity index (χ4n) is 2.89. The molecule has 0 fully saturated rings. The molecule has 1 aromatic heterocycles. The van der Waals surface area contributed by atoms with Crippen LogP contribution in [0.2, 0.25) is 0 Å². The second-order valence-electron chi connectivity index (χ2n) is 6.40. The lowest BCUT2D eigenvalue weighted by molar-refractivity contribution is -0.140. The van der Waals surface area contributed by atoms with Gasteiger partial charge in [-0.05, 0) is 57.0 Å². The van der Waals surface area contributed by atoms with Gasteiger partial charge in [-0.15, -0.1) is 0 Å². The van der Waals surface area contributed by atoms with Crippen LogP contribution < -0.4 is 4.74 Å². The van der Waals surface area contributed by atoms with Gasteiger partial charge in [0.05, 0.1) is 25.0 Å². The van der Waals surface area contributed by atoms with E-state index in [1.165, 1.54) is 13.0 Å². The Hall–Kier alpha value is -3.35. The summed E-state index contributed by atoms with van der Waals surface area (Å²) in [5, 5.41) is 0. The minimum atomic E-state index is -1.02. The molecule has 0 unspecified atom stereocenters. The molecule has 0 saturated heterocycles. The van der Waals surface area contributed by atoms with Crippen LogP contribution in [-0.4, -0.2) is 42.5 Å². The average molecular weight is 399 g/mol. The van der Waals surface area contributed by atoms with E-state index in [9.17, 15) is 14.4 Å². The maximum atomic E-state index is 12.7. The number of ketones is 1. The maximum absolute atomic E-state index is 12.7. The third-order valence-corrected chi connectivity index (χ3v) is 4.33. The molecule has 2 aromatic rings. The number of carbonyl (C=O) groups is 3. The fraction of sp³-hybridized carbons (Fsp3) is 0.318. The van der Waals surface area contributed by atoms with Crippen molar-refractivity contribution in [3.8, 4) is 5.75 Å². The van der Waals surface area contributed by atoms with E-state index in [2.05, 4.69) is 4.98 Å². The maximum Gasteiger partial charge on any atom is 0.340 e. The first-order valence-corrected chi connectivity index (χ1v) is 9.21. The Kier molecular flexibility index (Phi) is 7.36. The van der Waals surface area contributed by atoms with Crippen molar-refractivity contribution in [2.75, 3.05) is 13.7 Å². The molecule has 1 N–H and O–H groups in total. The number of carbonyl (C=O) groups excluding carboxylic acids is 3. The lowest BCUT2D eigenvalue weighted by Gasteiger charge is -2.10. The Morgan fingerprint density at radius 3 is 2.59 bits per heavy atom. The molecule has 7 heteroatoms. The molecular weight excluding hydrogens is 374 g/mol. The predicted molar refractivity (Wildman–Crippen MR) is 108 cm³/mol. The van der Waals surface area contributed by atoms with E-state index in [0.29, 0.717) is 22.6 Å². The van der Waals surface area contributed by atoms with Crippen molar-refractivity contribution in [1.29, 1.82) is 0 Å². The van der Waals surface area contributed by atoms with Crippen molar-refractivity contribution < 1.29 is 28.6 Å². The normalized spacial score (nSPS) is 11.9. The molecule has 0 aliphatic carbocycles. The van der Waals surface area contributed by atoms with Crippen LogP contribution in [0.5, 0.6) is 5.75 Å². The van der Waals surface area contributed by atoms with E-state index in [4.69, 9.17) is 14.2 Å². The molecular formula is C22H25NO6. The van der Waals surface area contributed by atoms with Crippen LogP contribution in [0.4, 0.5) is 0 Å². The minimum Gasteiger partial charge on any atom is -0.497 e. The van der Waals surface area contributed by atoms with Crippen LogP contribution >= 0.6 is 0 Å². The molecule has 0 radical (unpaired) electrons. The van der Waals surface area contributed by atoms with Gasteiger partial charge in [0.1, 0.15) is 5.75 Å². The highest BCUT2D eigenvalue weighted by Gasteiger charge is 2.27. The third kappa shape index (κ3) is 5.34. The summed E-state index contributed by atoms with van der Waals surface area (Å²) in [4.78, 5) is 39.8. The minimum absolute atomic E-state index is 0.225. The van der Waals surface area contributed by atoms with E-state index < -0.39 is 23.8 Å². The first-order chi connectivity index (χ1) is 13.8. The molecule has 2 rings (SSSR count). The van der Waals surface area contributed by atoms with E-state index in [1.54, 1.807) is 52.2 Å². The van der Waals surface area contributed by atoms with Gasteiger partial charge in [-0.2, -0.15) is 0 Å². The SMILES string of the molecule is CCOC(=O)c1c(C)[nH]c(C(=O)[C@H](C)OC(=O)/C=C/c2cccc(OC)c2)c1C. The number of esters is 2. The monoisotopic (exact) mass is 399 g/mol. The summed E-state index contributed by atoms with van der Waals surface area (Å²) < 4.78 is 15.4. The number of hydrogen-bond donors (Lipinski definition) is 1. The molecule has 154 valence electrons. The smallest absolute Gasteiger partial charge is 0.340 e. The highest BCUT2D eigenvalue weighted by atomic mass is 16.5. The van der Waals surface area contributed by atoms with E-state index in [-0.39, 0.29) is 12.3 Å². The fourth-order valence-corrected chi connectivity index (χ4v) is 2.89. The van der Waals surface area contributed by atoms with Gasteiger partial charge in [-0.3, -0.25) is 4.79 Å². The van der Waals surface area contributed by atoms with E-state index in [0.717, 1.165) is 5.56 Å². The molecule has 1 atom stereocenters. The Bertz CT molecular complexity index is 941. The molecule has 0 amide bonds. The Labute approximate surface area is 169 Å². The molecule has 0 bridgehead atoms. The van der Waals surface area contributed by atoms with Gasteiger partial charge in [-0.25, -0.2) is 9.59 Å². The van der Waals surface area contributed by atoms with Gasteiger partial charge >= 0.3 is 11.9 Å². The standard InChI is InChI=1S/C22H25NO6/c1-6-28-22(26)19-13(2)20(23-14(19)3)21(25)15(4)29-18(24)11-10-16-8-7-9-17(12-16)27-5/h7-12,15,23H,6H2,1-5H3/b11-10+/t15-/m0/s1. The summed E-state index contributed by atoms with van der Waals surface area (Å²) in [6.07, 6.45) is 1.80. The van der Waals surface area contributed by atoms with Crippen molar-refractivity contribution in [2.24, 2.45) is 0 Å². The molecule has 29 heavy (non-hydrogen) atoms. The molecule has 0 spiro atoms. The highest BCUT2D eigenvalue weighted by molar-refractivity contribution is 6.04. The Balaban J connectivity index is 2.08. The molecule has 1 aromatic carbocycles. The number of H-pyrrole nitrogens is 1. The Morgan fingerprint density at radius 2 is 1.93 bits per heavy atom. The van der Waals surface area contributed by atoms with Crippen LogP contribution in [0, 0.1) is 13.8 Å². The second-order valence-corrected chi connectivity index (χ2v) is 6.40. The number of aromatic amines is 1. The summed E-state index contributed by atoms with van der Waals surface area (Å²) >= 11 is 0. The molecule has 1 heterocycles. The van der Waals surface area contributed by atoms with Gasteiger partial charge in [0.15, 0.2) is 6.10 Å². The Morgan fingerprint density at radius 1 is 1.21 bits per heavy atom. The number of hydrogen-bond acceptors (Lipinski definition) is 6. The van der Waals surface area contributed by atoms with Crippen LogP contribution in [-0.2, 0) is 14.3 Å². The van der Waals surface area contributed by atoms with Crippen molar-refractivity contribution in [1.82, 2.24) is 4.98 Å². The van der Waals surface area contributed by atoms with Gasteiger partial charge in [-0.1, -0.05) is 12.1 Å². The van der Waals surface area contributed by atoms with Crippen molar-refractivity contribution in [2.45, 2.75) is 33.8 Å². The highest BCUT2D eigenvalue weighted by Crippen LogP contribution is 2.21. The van der Waals surface area contributed by atoms with Crippen molar-refractivity contribution >= 4 is 23.8 Å². The van der Waals surface area contributed by atoms with Crippen LogP contribution in [0.3, 0.4) is 0 Å². The van der Waals surface area contributed by atoms with Crippen LogP contribution in [0.1, 0.15) is 51.5 Å². The third-order valence-electron chi connectivity index (χ3n) is 4.33.